The van der Waals surface area contributed by atoms with Crippen LogP contribution in [0.3, 0.4) is 0 Å². The third-order valence-electron chi connectivity index (χ3n) is 2.37. The van der Waals surface area contributed by atoms with Gasteiger partial charge < -0.3 is 14.9 Å². The smallest absolute Gasteiger partial charge is 0.240 e. The molecule has 0 aliphatic carbocycles. The van der Waals surface area contributed by atoms with E-state index in [0.717, 1.165) is 6.42 Å². The number of aliphatic hydroxyl groups is 2. The van der Waals surface area contributed by atoms with Crippen LogP contribution in [0.15, 0.2) is 29.2 Å². The van der Waals surface area contributed by atoms with Crippen molar-refractivity contribution in [3.05, 3.63) is 24.3 Å². The minimum Gasteiger partial charge on any atom is -0.494 e. The topological polar surface area (TPSA) is 95.9 Å². The molecule has 3 N–H and O–H groups in total. The van der Waals surface area contributed by atoms with Crippen molar-refractivity contribution >= 4 is 10.0 Å². The summed E-state index contributed by atoms with van der Waals surface area (Å²) in [7, 11) is -3.75. The Morgan fingerprint density at radius 1 is 1.21 bits per heavy atom. The molecule has 0 atom stereocenters. The van der Waals surface area contributed by atoms with Crippen LogP contribution in [-0.2, 0) is 10.0 Å². The minimum atomic E-state index is -3.75. The van der Waals surface area contributed by atoms with E-state index < -0.39 is 29.3 Å². The highest BCUT2D eigenvalue weighted by Crippen LogP contribution is 2.16. The van der Waals surface area contributed by atoms with E-state index >= 15 is 0 Å². The normalized spacial score (nSPS) is 11.8. The van der Waals surface area contributed by atoms with Crippen molar-refractivity contribution in [1.29, 1.82) is 0 Å². The van der Waals surface area contributed by atoms with Crippen LogP contribution in [0, 0.1) is 0 Å². The number of benzene rings is 1. The highest BCUT2D eigenvalue weighted by Gasteiger charge is 2.18. The molecule has 0 saturated heterocycles. The molecule has 1 aromatic carbocycles. The molecule has 0 saturated carbocycles. The number of hydrogen-bond donors (Lipinski definition) is 3. The van der Waals surface area contributed by atoms with Crippen molar-refractivity contribution in [3.8, 4) is 5.75 Å². The molecule has 19 heavy (non-hydrogen) atoms. The van der Waals surface area contributed by atoms with E-state index in [1.807, 2.05) is 6.92 Å². The molecule has 7 heteroatoms. The number of nitrogens with one attached hydrogen (secondary N) is 1. The van der Waals surface area contributed by atoms with E-state index in [1.165, 1.54) is 12.1 Å². The Morgan fingerprint density at radius 3 is 2.26 bits per heavy atom. The van der Waals surface area contributed by atoms with Gasteiger partial charge in [0.2, 0.25) is 10.0 Å². The molecular weight excluding hydrogens is 270 g/mol. The molecule has 6 nitrogen and oxygen atoms in total. The average molecular weight is 289 g/mol. The Hall–Kier alpha value is -1.15. The lowest BCUT2D eigenvalue weighted by molar-refractivity contribution is 0.185. The first-order chi connectivity index (χ1) is 9.03. The summed E-state index contributed by atoms with van der Waals surface area (Å²) in [5.74, 6) is 0.599. The molecule has 1 aromatic rings. The summed E-state index contributed by atoms with van der Waals surface area (Å²) in [5.41, 5.74) is 0. The molecule has 0 amide bonds. The lowest BCUT2D eigenvalue weighted by atomic mass is 10.3. The Bertz CT molecular complexity index is 467. The fourth-order valence-corrected chi connectivity index (χ4v) is 2.57. The second-order valence-electron chi connectivity index (χ2n) is 4.00. The monoisotopic (exact) mass is 289 g/mol. The van der Waals surface area contributed by atoms with Crippen molar-refractivity contribution in [1.82, 2.24) is 4.72 Å². The van der Waals surface area contributed by atoms with Gasteiger partial charge in [-0.3, -0.25) is 0 Å². The van der Waals surface area contributed by atoms with E-state index in [1.54, 1.807) is 12.1 Å². The standard InChI is InChI=1S/C12H19NO5S/c1-2-7-18-11-3-5-12(6-4-11)19(16,17)13-10(8-14)9-15/h3-6,10,13-15H,2,7-9H2,1H3. The molecule has 0 spiro atoms. The maximum atomic E-state index is 11.9. The number of hydrogen-bond acceptors (Lipinski definition) is 5. The summed E-state index contributed by atoms with van der Waals surface area (Å²) in [6.45, 7) is 1.62. The average Bonchev–Trinajstić information content (AvgIpc) is 2.43. The first kappa shape index (κ1) is 15.9. The van der Waals surface area contributed by atoms with E-state index in [4.69, 9.17) is 14.9 Å². The SMILES string of the molecule is CCCOc1ccc(S(=O)(=O)NC(CO)CO)cc1. The number of rotatable bonds is 8. The summed E-state index contributed by atoms with van der Waals surface area (Å²) in [6, 6.07) is 5.06. The van der Waals surface area contributed by atoms with Crippen LogP contribution in [0.5, 0.6) is 5.75 Å². The van der Waals surface area contributed by atoms with Crippen LogP contribution >= 0.6 is 0 Å². The lowest BCUT2D eigenvalue weighted by Gasteiger charge is -2.14. The molecule has 0 unspecified atom stereocenters. The van der Waals surface area contributed by atoms with Gasteiger partial charge >= 0.3 is 0 Å². The van der Waals surface area contributed by atoms with Gasteiger partial charge in [-0.15, -0.1) is 0 Å². The van der Waals surface area contributed by atoms with Crippen molar-refractivity contribution in [2.45, 2.75) is 24.3 Å². The van der Waals surface area contributed by atoms with E-state index in [9.17, 15) is 8.42 Å². The van der Waals surface area contributed by atoms with E-state index in [-0.39, 0.29) is 4.90 Å². The third kappa shape index (κ3) is 4.79. The highest BCUT2D eigenvalue weighted by atomic mass is 32.2. The number of sulfonamides is 1. The minimum absolute atomic E-state index is 0.0586. The van der Waals surface area contributed by atoms with Crippen LogP contribution in [0.4, 0.5) is 0 Å². The maximum Gasteiger partial charge on any atom is 0.240 e. The first-order valence-electron chi connectivity index (χ1n) is 6.00. The zero-order valence-corrected chi connectivity index (χ0v) is 11.6. The van der Waals surface area contributed by atoms with Crippen molar-refractivity contribution in [2.75, 3.05) is 19.8 Å². The molecule has 0 aliphatic rings. The predicted molar refractivity (Wildman–Crippen MR) is 70.5 cm³/mol. The second-order valence-corrected chi connectivity index (χ2v) is 5.72. The summed E-state index contributed by atoms with van der Waals surface area (Å²) in [5, 5.41) is 17.7. The molecule has 0 fully saturated rings. The highest BCUT2D eigenvalue weighted by molar-refractivity contribution is 7.89. The van der Waals surface area contributed by atoms with Crippen molar-refractivity contribution < 1.29 is 23.4 Å². The fourth-order valence-electron chi connectivity index (χ4n) is 1.35. The predicted octanol–water partition coefficient (Wildman–Crippen LogP) is 0.107. The fraction of sp³-hybridized carbons (Fsp3) is 0.500. The number of ether oxygens (including phenoxy) is 1. The summed E-state index contributed by atoms with van der Waals surface area (Å²) in [4.78, 5) is 0.0586. The van der Waals surface area contributed by atoms with Gasteiger partial charge in [0.1, 0.15) is 5.75 Å². The maximum absolute atomic E-state index is 11.9. The molecule has 0 aliphatic heterocycles. The van der Waals surface area contributed by atoms with Crippen LogP contribution in [0.2, 0.25) is 0 Å². The van der Waals surface area contributed by atoms with Gasteiger partial charge in [-0.25, -0.2) is 13.1 Å². The van der Waals surface area contributed by atoms with Crippen LogP contribution in [0.1, 0.15) is 13.3 Å². The van der Waals surface area contributed by atoms with Crippen molar-refractivity contribution in [3.63, 3.8) is 0 Å². The Labute approximate surface area is 113 Å². The molecule has 0 aromatic heterocycles. The van der Waals surface area contributed by atoms with Crippen molar-refractivity contribution in [2.24, 2.45) is 0 Å². The van der Waals surface area contributed by atoms with Crippen LogP contribution < -0.4 is 9.46 Å². The van der Waals surface area contributed by atoms with Gasteiger partial charge in [0.15, 0.2) is 0 Å². The lowest BCUT2D eigenvalue weighted by Crippen LogP contribution is -2.39. The van der Waals surface area contributed by atoms with Gasteiger partial charge in [-0.1, -0.05) is 6.92 Å². The quantitative estimate of drug-likeness (QED) is 0.631. The van der Waals surface area contributed by atoms with Gasteiger partial charge in [0.25, 0.3) is 0 Å². The molecule has 0 heterocycles. The summed E-state index contributed by atoms with van der Waals surface area (Å²) >= 11 is 0. The van der Waals surface area contributed by atoms with Gasteiger partial charge in [-0.2, -0.15) is 0 Å². The summed E-state index contributed by atoms with van der Waals surface area (Å²) < 4.78 is 31.4. The molecule has 108 valence electrons. The van der Waals surface area contributed by atoms with Gasteiger partial charge in [0.05, 0.1) is 30.8 Å². The van der Waals surface area contributed by atoms with Crippen LogP contribution in [0.25, 0.3) is 0 Å². The molecule has 1 rings (SSSR count). The van der Waals surface area contributed by atoms with Gasteiger partial charge in [-0.05, 0) is 30.7 Å². The largest absolute Gasteiger partial charge is 0.494 e. The third-order valence-corrected chi connectivity index (χ3v) is 3.91. The first-order valence-corrected chi connectivity index (χ1v) is 7.48. The summed E-state index contributed by atoms with van der Waals surface area (Å²) in [6.07, 6.45) is 0.871. The zero-order chi connectivity index (χ0) is 14.3. The van der Waals surface area contributed by atoms with Crippen LogP contribution in [-0.4, -0.2) is 44.5 Å². The second kappa shape index (κ2) is 7.44. The Morgan fingerprint density at radius 2 is 1.79 bits per heavy atom. The molecule has 0 bridgehead atoms. The van der Waals surface area contributed by atoms with Gasteiger partial charge in [0, 0.05) is 0 Å². The van der Waals surface area contributed by atoms with E-state index in [0.29, 0.717) is 12.4 Å². The molecule has 0 radical (unpaired) electrons. The Kier molecular flexibility index (Phi) is 6.23. The Balaban J connectivity index is 2.78. The number of aliphatic hydroxyl groups excluding tert-OH is 2. The zero-order valence-electron chi connectivity index (χ0n) is 10.7. The molecular formula is C12H19NO5S. The van der Waals surface area contributed by atoms with E-state index in [2.05, 4.69) is 4.72 Å².